The summed E-state index contributed by atoms with van der Waals surface area (Å²) in [5.41, 5.74) is -6.98. The fraction of sp³-hybridized carbons (Fsp3) is 0.643. The lowest BCUT2D eigenvalue weighted by molar-refractivity contribution is -0.336. The third-order valence-corrected chi connectivity index (χ3v) is 15.1. The van der Waals surface area contributed by atoms with Crippen molar-refractivity contribution in [1.29, 1.82) is 0 Å². The van der Waals surface area contributed by atoms with Crippen LogP contribution < -0.4 is 4.74 Å². The molecule has 55 heavy (non-hydrogen) atoms. The van der Waals surface area contributed by atoms with Crippen LogP contribution in [-0.2, 0) is 47.6 Å². The highest BCUT2D eigenvalue weighted by atomic mass is 16.7. The number of epoxide rings is 1. The van der Waals surface area contributed by atoms with Gasteiger partial charge in [-0.15, -0.1) is 0 Å². The van der Waals surface area contributed by atoms with Gasteiger partial charge in [0.05, 0.1) is 25.2 Å². The van der Waals surface area contributed by atoms with Crippen LogP contribution in [0, 0.1) is 39.4 Å². The van der Waals surface area contributed by atoms with Crippen molar-refractivity contribution >= 4 is 29.8 Å². The summed E-state index contributed by atoms with van der Waals surface area (Å²) >= 11 is 0. The van der Waals surface area contributed by atoms with Crippen molar-refractivity contribution in [2.45, 2.75) is 109 Å². The number of para-hydroxylation sites is 1. The zero-order valence-electron chi connectivity index (χ0n) is 32.8. The molecule has 0 aromatic heterocycles. The van der Waals surface area contributed by atoms with Gasteiger partial charge in [0.15, 0.2) is 6.10 Å². The first-order chi connectivity index (χ1) is 25.8. The Kier molecular flexibility index (Phi) is 9.16. The van der Waals surface area contributed by atoms with Crippen molar-refractivity contribution in [2.75, 3.05) is 20.8 Å². The van der Waals surface area contributed by atoms with Crippen LogP contribution in [0.4, 0.5) is 0 Å². The van der Waals surface area contributed by atoms with Crippen LogP contribution in [0.2, 0.25) is 0 Å². The van der Waals surface area contributed by atoms with E-state index in [2.05, 4.69) is 13.5 Å². The van der Waals surface area contributed by atoms with Gasteiger partial charge in [0.1, 0.15) is 36.2 Å². The average Bonchev–Trinajstić information content (AvgIpc) is 3.93. The maximum Gasteiger partial charge on any atom is 0.342 e. The van der Waals surface area contributed by atoms with Crippen LogP contribution in [0.25, 0.3) is 0 Å². The summed E-state index contributed by atoms with van der Waals surface area (Å²) in [5.74, 6) is -4.14. The van der Waals surface area contributed by atoms with Crippen molar-refractivity contribution in [2.24, 2.45) is 39.4 Å². The molecule has 1 N–H and O–H groups in total. The Bertz CT molecular complexity index is 1870. The lowest BCUT2D eigenvalue weighted by Gasteiger charge is -2.73. The predicted octanol–water partition coefficient (Wildman–Crippen LogP) is 4.67. The smallest absolute Gasteiger partial charge is 0.342 e. The molecule has 3 unspecified atom stereocenters. The average molecular weight is 765 g/mol. The summed E-state index contributed by atoms with van der Waals surface area (Å²) in [4.78, 5) is 66.8. The molecule has 0 amide bonds. The first kappa shape index (κ1) is 39.0. The van der Waals surface area contributed by atoms with Crippen molar-refractivity contribution in [3.63, 3.8) is 0 Å². The maximum atomic E-state index is 13.8. The molecule has 4 saturated carbocycles. The fourth-order valence-corrected chi connectivity index (χ4v) is 12.7. The Labute approximate surface area is 321 Å². The van der Waals surface area contributed by atoms with E-state index < -0.39 is 99.0 Å². The second kappa shape index (κ2) is 12.9. The van der Waals surface area contributed by atoms with Gasteiger partial charge in [-0.05, 0) is 80.4 Å². The number of carbonyl (C=O) groups excluding carboxylic acids is 5. The summed E-state index contributed by atoms with van der Waals surface area (Å²) in [6.07, 6.45) is 1.12. The largest absolute Gasteiger partial charge is 0.496 e. The van der Waals surface area contributed by atoms with E-state index in [9.17, 15) is 29.1 Å². The summed E-state index contributed by atoms with van der Waals surface area (Å²) in [6, 6.07) is 6.80. The lowest BCUT2D eigenvalue weighted by atomic mass is 9.32. The van der Waals surface area contributed by atoms with Gasteiger partial charge in [0.25, 0.3) is 0 Å². The van der Waals surface area contributed by atoms with Crippen molar-refractivity contribution in [3.05, 3.63) is 54.1 Å². The molecular weight excluding hydrogens is 712 g/mol. The van der Waals surface area contributed by atoms with E-state index in [0.717, 1.165) is 0 Å². The number of benzene rings is 1. The zero-order valence-corrected chi connectivity index (χ0v) is 32.8. The monoisotopic (exact) mass is 764 g/mol. The first-order valence-corrected chi connectivity index (χ1v) is 19.0. The lowest BCUT2D eigenvalue weighted by Crippen LogP contribution is -2.82. The van der Waals surface area contributed by atoms with Gasteiger partial charge < -0.3 is 38.3 Å². The third-order valence-electron chi connectivity index (χ3n) is 15.1. The molecule has 0 radical (unpaired) electrons. The van der Waals surface area contributed by atoms with Crippen molar-refractivity contribution < 1.29 is 62.2 Å². The van der Waals surface area contributed by atoms with Gasteiger partial charge in [0.2, 0.25) is 5.60 Å². The second-order valence-corrected chi connectivity index (χ2v) is 17.2. The van der Waals surface area contributed by atoms with Crippen LogP contribution in [0.15, 0.2) is 48.6 Å². The second-order valence-electron chi connectivity index (χ2n) is 17.2. The number of fused-ring (bicyclic) bond motifs is 9. The fourth-order valence-electron chi connectivity index (χ4n) is 12.7. The first-order valence-electron chi connectivity index (χ1n) is 19.0. The number of carbonyl (C=O) groups is 5. The Balaban J connectivity index is 1.37. The normalized spacial score (nSPS) is 42.9. The highest BCUT2D eigenvalue weighted by molar-refractivity contribution is 5.92. The molecule has 1 aromatic rings. The molecule has 6 aliphatic rings. The molecule has 13 heteroatoms. The van der Waals surface area contributed by atoms with Gasteiger partial charge in [-0.2, -0.15) is 0 Å². The highest BCUT2D eigenvalue weighted by Gasteiger charge is 2.90. The standard InChI is InChI=1S/C42H52O13/c1-22-20-41(48)30-16-18-37(5)28(38(30,6)33(53-24(3)43)34(54-25(4)44)39(41,7)42(32(22)55-42)36(47)50-9)17-19-40(21-51-31(45)15-14-29(37)40)23(2)52-35(46)26-12-10-11-13-27(26)49-8/h10-15,23,28-30,32-34,48H,1,16-21H2,2-9H3/t23?,28?,29-,30?,32+,33+,34-,37+,38+,39+,40-,41+,42-/m0/s1. The zero-order chi connectivity index (χ0) is 40.1. The number of esters is 5. The van der Waals surface area contributed by atoms with Crippen LogP contribution in [-0.4, -0.2) is 91.4 Å². The molecule has 13 atom stereocenters. The highest BCUT2D eigenvalue weighted by Crippen LogP contribution is 2.78. The number of methoxy groups -OCH3 is 2. The molecule has 1 saturated heterocycles. The predicted molar refractivity (Wildman–Crippen MR) is 193 cm³/mol. The van der Waals surface area contributed by atoms with Crippen LogP contribution in [0.5, 0.6) is 5.75 Å². The minimum absolute atomic E-state index is 0.0159. The Hall–Kier alpha value is -4.23. The van der Waals surface area contributed by atoms with E-state index in [4.69, 9.17) is 33.2 Å². The molecule has 1 aromatic carbocycles. The summed E-state index contributed by atoms with van der Waals surface area (Å²) < 4.78 is 41.5. The molecular formula is C42H52O13. The van der Waals surface area contributed by atoms with E-state index >= 15 is 0 Å². The van der Waals surface area contributed by atoms with Crippen LogP contribution in [0.1, 0.15) is 84.0 Å². The molecule has 2 heterocycles. The Morgan fingerprint density at radius 1 is 0.964 bits per heavy atom. The maximum absolute atomic E-state index is 13.8. The number of rotatable bonds is 7. The van der Waals surface area contributed by atoms with Gasteiger partial charge in [-0.3, -0.25) is 9.59 Å². The van der Waals surface area contributed by atoms with Gasteiger partial charge in [-0.1, -0.05) is 38.6 Å². The van der Waals surface area contributed by atoms with E-state index in [1.165, 1.54) is 34.1 Å². The molecule has 2 aliphatic heterocycles. The SMILES string of the molecule is C=C1C[C@@]2(O)C3CC[C@]4(C)C(CC[C@@]5(C(C)OC(=O)c6ccccc6OC)COC(=O)C=C[C@H]54)[C@@]3(C)[C@H](OC(C)=O)[C@H](OC(C)=O)[C@@]2(C)[C@]2(C(=O)OC)O[C@H]12. The molecule has 298 valence electrons. The number of hydrogen-bond donors (Lipinski definition) is 1. The summed E-state index contributed by atoms with van der Waals surface area (Å²) in [7, 11) is 2.71. The van der Waals surface area contributed by atoms with E-state index in [1.807, 2.05) is 19.9 Å². The minimum atomic E-state index is -1.75. The molecule has 4 aliphatic carbocycles. The van der Waals surface area contributed by atoms with Crippen LogP contribution in [0.3, 0.4) is 0 Å². The molecule has 7 rings (SSSR count). The van der Waals surface area contributed by atoms with Crippen molar-refractivity contribution in [1.82, 2.24) is 0 Å². The minimum Gasteiger partial charge on any atom is -0.496 e. The number of cyclic esters (lactones) is 1. The van der Waals surface area contributed by atoms with Crippen molar-refractivity contribution in [3.8, 4) is 5.75 Å². The van der Waals surface area contributed by atoms with E-state index in [-0.39, 0.29) is 24.5 Å². The third kappa shape index (κ3) is 5.06. The molecule has 13 nitrogen and oxygen atoms in total. The number of aliphatic hydroxyl groups is 1. The Morgan fingerprint density at radius 3 is 2.27 bits per heavy atom. The number of allylic oxidation sites excluding steroid dienone is 1. The van der Waals surface area contributed by atoms with Gasteiger partial charge >= 0.3 is 29.8 Å². The molecule has 0 spiro atoms. The van der Waals surface area contributed by atoms with E-state index in [1.54, 1.807) is 31.2 Å². The van der Waals surface area contributed by atoms with Gasteiger partial charge in [0, 0.05) is 37.2 Å². The quantitative estimate of drug-likeness (QED) is 0.176. The van der Waals surface area contributed by atoms with E-state index in [0.29, 0.717) is 37.0 Å². The van der Waals surface area contributed by atoms with Gasteiger partial charge in [-0.25, -0.2) is 14.4 Å². The number of ether oxygens (including phenoxy) is 7. The summed E-state index contributed by atoms with van der Waals surface area (Å²) in [5, 5.41) is 13.5. The van der Waals surface area contributed by atoms with Crippen LogP contribution >= 0.6 is 0 Å². The molecule has 5 fully saturated rings. The Morgan fingerprint density at radius 2 is 1.62 bits per heavy atom. The molecule has 0 bridgehead atoms. The topological polar surface area (TPSA) is 173 Å². The number of hydrogen-bond acceptors (Lipinski definition) is 13. The summed E-state index contributed by atoms with van der Waals surface area (Å²) in [6.45, 7) is 14.4.